The number of piperidine rings is 1. The molecule has 1 atom stereocenters. The van der Waals surface area contributed by atoms with Crippen molar-refractivity contribution in [2.45, 2.75) is 52.5 Å². The molecule has 0 bridgehead atoms. The third-order valence-corrected chi connectivity index (χ3v) is 4.58. The highest BCUT2D eigenvalue weighted by Crippen LogP contribution is 2.20. The highest BCUT2D eigenvalue weighted by atomic mass is 35.5. The van der Waals surface area contributed by atoms with E-state index in [1.54, 1.807) is 0 Å². The number of amides is 2. The summed E-state index contributed by atoms with van der Waals surface area (Å²) in [5.41, 5.74) is 5.96. The normalized spacial score (nSPS) is 17.2. The topological polar surface area (TPSA) is 78.7 Å². The lowest BCUT2D eigenvalue weighted by Gasteiger charge is -2.34. The van der Waals surface area contributed by atoms with E-state index in [4.69, 9.17) is 5.73 Å². The molecule has 7 heteroatoms. The van der Waals surface area contributed by atoms with E-state index in [-0.39, 0.29) is 35.6 Å². The summed E-state index contributed by atoms with van der Waals surface area (Å²) in [6.45, 7) is 9.21. The fourth-order valence-electron chi connectivity index (χ4n) is 3.41. The maximum Gasteiger partial charge on any atom is 0.239 e. The fraction of sp³-hybridized carbons (Fsp3) is 0.889. The maximum absolute atomic E-state index is 12.4. The van der Waals surface area contributed by atoms with E-state index in [2.05, 4.69) is 24.1 Å². The molecule has 6 nitrogen and oxygen atoms in total. The lowest BCUT2D eigenvalue weighted by Crippen LogP contribution is -2.49. The van der Waals surface area contributed by atoms with Gasteiger partial charge in [-0.15, -0.1) is 12.4 Å². The van der Waals surface area contributed by atoms with Gasteiger partial charge in [-0.3, -0.25) is 9.59 Å². The van der Waals surface area contributed by atoms with E-state index in [9.17, 15) is 9.59 Å². The molecule has 148 valence electrons. The molecule has 0 aromatic rings. The van der Waals surface area contributed by atoms with E-state index >= 15 is 0 Å². The Morgan fingerprint density at radius 3 is 2.32 bits per heavy atom. The van der Waals surface area contributed by atoms with Crippen LogP contribution in [-0.4, -0.2) is 67.9 Å². The molecule has 2 amide bonds. The Morgan fingerprint density at radius 1 is 1.28 bits per heavy atom. The van der Waals surface area contributed by atoms with Crippen molar-refractivity contribution >= 4 is 24.2 Å². The van der Waals surface area contributed by atoms with Crippen LogP contribution in [0, 0.1) is 11.3 Å². The Kier molecular flexibility index (Phi) is 10.6. The smallest absolute Gasteiger partial charge is 0.239 e. The zero-order valence-corrected chi connectivity index (χ0v) is 17.3. The van der Waals surface area contributed by atoms with Crippen molar-refractivity contribution in [1.82, 2.24) is 15.1 Å². The first kappa shape index (κ1) is 24.1. The van der Waals surface area contributed by atoms with Gasteiger partial charge >= 0.3 is 0 Å². The number of hydrogen-bond acceptors (Lipinski definition) is 4. The number of nitrogens with two attached hydrogens (primary N) is 1. The van der Waals surface area contributed by atoms with Crippen LogP contribution in [0.25, 0.3) is 0 Å². The molecule has 1 unspecified atom stereocenters. The van der Waals surface area contributed by atoms with Gasteiger partial charge in [0.15, 0.2) is 0 Å². The molecular formula is C18H37ClN4O2. The first-order chi connectivity index (χ1) is 11.2. The summed E-state index contributed by atoms with van der Waals surface area (Å²) in [6.07, 6.45) is 3.09. The monoisotopic (exact) mass is 376 g/mol. The molecule has 0 aromatic heterocycles. The second-order valence-electron chi connectivity index (χ2n) is 8.11. The largest absolute Gasteiger partial charge is 0.355 e. The molecule has 25 heavy (non-hydrogen) atoms. The highest BCUT2D eigenvalue weighted by Gasteiger charge is 2.30. The molecule has 1 rings (SSSR count). The van der Waals surface area contributed by atoms with Crippen LogP contribution in [-0.2, 0) is 9.59 Å². The van der Waals surface area contributed by atoms with Gasteiger partial charge in [0.25, 0.3) is 0 Å². The van der Waals surface area contributed by atoms with Crippen molar-refractivity contribution in [3.63, 3.8) is 0 Å². The molecule has 1 aliphatic rings. The maximum atomic E-state index is 12.4. The van der Waals surface area contributed by atoms with Gasteiger partial charge in [-0.2, -0.15) is 0 Å². The van der Waals surface area contributed by atoms with Gasteiger partial charge in [-0.25, -0.2) is 0 Å². The molecule has 0 saturated carbocycles. The van der Waals surface area contributed by atoms with Gasteiger partial charge < -0.3 is 20.9 Å². The number of nitrogens with one attached hydrogen (secondary N) is 1. The third-order valence-electron chi connectivity index (χ3n) is 4.58. The lowest BCUT2D eigenvalue weighted by atomic mass is 9.91. The van der Waals surface area contributed by atoms with Gasteiger partial charge in [0.2, 0.25) is 11.8 Å². The van der Waals surface area contributed by atoms with Crippen LogP contribution in [0.3, 0.4) is 0 Å². The Morgan fingerprint density at radius 2 is 1.84 bits per heavy atom. The van der Waals surface area contributed by atoms with Gasteiger partial charge in [0.1, 0.15) is 0 Å². The van der Waals surface area contributed by atoms with Crippen LogP contribution in [0.1, 0.15) is 46.5 Å². The van der Waals surface area contributed by atoms with E-state index in [0.717, 1.165) is 32.2 Å². The number of halogens is 1. The number of nitrogens with zero attached hydrogens (tertiary/aromatic N) is 2. The second-order valence-corrected chi connectivity index (χ2v) is 8.11. The van der Waals surface area contributed by atoms with E-state index in [1.807, 2.05) is 25.9 Å². The fourth-order valence-corrected chi connectivity index (χ4v) is 3.41. The molecular weight excluding hydrogens is 340 g/mol. The van der Waals surface area contributed by atoms with Crippen molar-refractivity contribution in [3.8, 4) is 0 Å². The van der Waals surface area contributed by atoms with Crippen molar-refractivity contribution < 1.29 is 9.59 Å². The first-order valence-corrected chi connectivity index (χ1v) is 9.13. The number of carbonyl (C=O) groups excluding carboxylic acids is 2. The molecule has 0 aromatic carbocycles. The molecule has 1 heterocycles. The highest BCUT2D eigenvalue weighted by molar-refractivity contribution is 5.85. The summed E-state index contributed by atoms with van der Waals surface area (Å²) in [4.78, 5) is 28.6. The Hall–Kier alpha value is -0.850. The second kappa shape index (κ2) is 11.0. The summed E-state index contributed by atoms with van der Waals surface area (Å²) in [6, 6.07) is -0.396. The van der Waals surface area contributed by atoms with Crippen LogP contribution in [0.5, 0.6) is 0 Å². The van der Waals surface area contributed by atoms with Gasteiger partial charge in [0, 0.05) is 32.1 Å². The SMILES string of the molecule is CCCC(N)C(=O)N1CCC(C(=O)NCC(C)(C)CN(C)C)CC1.Cl. The summed E-state index contributed by atoms with van der Waals surface area (Å²) in [5, 5.41) is 3.09. The van der Waals surface area contributed by atoms with Crippen LogP contribution < -0.4 is 11.1 Å². The average Bonchev–Trinajstić information content (AvgIpc) is 2.51. The predicted octanol–water partition coefficient (Wildman–Crippen LogP) is 1.48. The quantitative estimate of drug-likeness (QED) is 0.672. The third kappa shape index (κ3) is 8.38. The average molecular weight is 377 g/mol. The summed E-state index contributed by atoms with van der Waals surface area (Å²) >= 11 is 0. The van der Waals surface area contributed by atoms with Crippen LogP contribution in [0.15, 0.2) is 0 Å². The summed E-state index contributed by atoms with van der Waals surface area (Å²) in [5.74, 6) is 0.154. The molecule has 1 saturated heterocycles. The van der Waals surface area contributed by atoms with E-state index in [0.29, 0.717) is 19.6 Å². The molecule has 0 radical (unpaired) electrons. The van der Waals surface area contributed by atoms with Crippen molar-refractivity contribution in [2.24, 2.45) is 17.1 Å². The molecule has 0 aliphatic carbocycles. The van der Waals surface area contributed by atoms with Crippen molar-refractivity contribution in [3.05, 3.63) is 0 Å². The van der Waals surface area contributed by atoms with Gasteiger partial charge in [-0.05, 0) is 38.8 Å². The van der Waals surface area contributed by atoms with Crippen LogP contribution >= 0.6 is 12.4 Å². The first-order valence-electron chi connectivity index (χ1n) is 9.13. The zero-order valence-electron chi connectivity index (χ0n) is 16.5. The van der Waals surface area contributed by atoms with E-state index in [1.165, 1.54) is 0 Å². The Labute approximate surface area is 159 Å². The Balaban J connectivity index is 0.00000576. The number of rotatable bonds is 8. The van der Waals surface area contributed by atoms with E-state index < -0.39 is 6.04 Å². The minimum Gasteiger partial charge on any atom is -0.355 e. The molecule has 1 fully saturated rings. The van der Waals surface area contributed by atoms with Crippen LogP contribution in [0.4, 0.5) is 0 Å². The van der Waals surface area contributed by atoms with Gasteiger partial charge in [-0.1, -0.05) is 27.2 Å². The minimum absolute atomic E-state index is 0. The predicted molar refractivity (Wildman–Crippen MR) is 105 cm³/mol. The molecule has 1 aliphatic heterocycles. The number of hydrogen-bond donors (Lipinski definition) is 2. The summed E-state index contributed by atoms with van der Waals surface area (Å²) in [7, 11) is 4.08. The van der Waals surface area contributed by atoms with Crippen molar-refractivity contribution in [2.75, 3.05) is 40.3 Å². The number of likely N-dealkylation sites (tertiary alicyclic amines) is 1. The lowest BCUT2D eigenvalue weighted by molar-refractivity contribution is -0.136. The molecule has 0 spiro atoms. The Bertz CT molecular complexity index is 421. The van der Waals surface area contributed by atoms with Crippen LogP contribution in [0.2, 0.25) is 0 Å². The minimum atomic E-state index is -0.396. The summed E-state index contributed by atoms with van der Waals surface area (Å²) < 4.78 is 0. The van der Waals surface area contributed by atoms with Gasteiger partial charge in [0.05, 0.1) is 6.04 Å². The molecule has 3 N–H and O–H groups in total. The zero-order chi connectivity index (χ0) is 18.3. The number of carbonyl (C=O) groups is 2. The van der Waals surface area contributed by atoms with Crippen molar-refractivity contribution in [1.29, 1.82) is 0 Å². The standard InChI is InChI=1S/C18H36N4O2.ClH/c1-6-7-15(19)17(24)22-10-8-14(9-11-22)16(23)20-12-18(2,3)13-21(4)5;/h14-15H,6-13,19H2,1-5H3,(H,20,23);1H.